The molecule has 0 radical (unpaired) electrons. The van der Waals surface area contributed by atoms with Gasteiger partial charge in [-0.1, -0.05) is 63.2 Å². The molecule has 0 heterocycles. The monoisotopic (exact) mass is 872 g/mol. The third-order valence-corrected chi connectivity index (χ3v) is 10.8. The van der Waals surface area contributed by atoms with Crippen molar-refractivity contribution in [3.63, 3.8) is 0 Å². The highest BCUT2D eigenvalue weighted by atomic mass is 32.2. The quantitative estimate of drug-likeness (QED) is 0.0499. The fourth-order valence-corrected chi connectivity index (χ4v) is 6.67. The highest BCUT2D eigenvalue weighted by Crippen LogP contribution is 2.15. The number of aliphatic hydroxyl groups excluding tert-OH is 1. The van der Waals surface area contributed by atoms with Gasteiger partial charge in [0, 0.05) is 18.7 Å². The molecule has 0 aliphatic heterocycles. The van der Waals surface area contributed by atoms with Gasteiger partial charge in [-0.25, -0.2) is 4.79 Å². The molecule has 0 saturated heterocycles. The molecule has 2 aromatic carbocycles. The van der Waals surface area contributed by atoms with Crippen molar-refractivity contribution >= 4 is 53.2 Å². The molecule has 0 aliphatic rings. The summed E-state index contributed by atoms with van der Waals surface area (Å²) in [6.07, 6.45) is -0.458. The Morgan fingerprint density at radius 1 is 0.754 bits per heavy atom. The lowest BCUT2D eigenvalue weighted by molar-refractivity contribution is -0.139. The number of aryl methyl sites for hydroxylation is 1. The maximum absolute atomic E-state index is 13.7. The van der Waals surface area contributed by atoms with Gasteiger partial charge in [0.1, 0.15) is 36.0 Å². The minimum absolute atomic E-state index is 0.000903. The minimum atomic E-state index is -1.25. The van der Waals surface area contributed by atoms with Crippen molar-refractivity contribution in [2.24, 2.45) is 23.3 Å². The summed E-state index contributed by atoms with van der Waals surface area (Å²) in [6.45, 7) is 9.54. The van der Waals surface area contributed by atoms with E-state index in [1.807, 2.05) is 51.1 Å². The third kappa shape index (κ3) is 19.8. The average Bonchev–Trinajstić information content (AvgIpc) is 3.21. The first-order chi connectivity index (χ1) is 28.9. The molecule has 0 bridgehead atoms. The Kier molecular flexibility index (Phi) is 23.5. The number of carboxylic acids is 1. The third-order valence-electron chi connectivity index (χ3n) is 9.75. The topological polar surface area (TPSA) is 293 Å². The lowest BCUT2D eigenvalue weighted by Crippen LogP contribution is -2.59. The van der Waals surface area contributed by atoms with Gasteiger partial charge in [0.25, 0.3) is 0 Å². The predicted octanol–water partition coefficient (Wildman–Crippen LogP) is -0.401. The number of hydrogen-bond donors (Lipinski definition) is 10. The van der Waals surface area contributed by atoms with Crippen molar-refractivity contribution in [1.82, 2.24) is 31.9 Å². The number of aliphatic carboxylic acids is 1. The Labute approximate surface area is 361 Å². The van der Waals surface area contributed by atoms with E-state index in [0.717, 1.165) is 17.3 Å². The number of thioether (sulfide) groups is 1. The van der Waals surface area contributed by atoms with Crippen molar-refractivity contribution in [2.75, 3.05) is 37.7 Å². The Morgan fingerprint density at radius 2 is 1.36 bits per heavy atom. The van der Waals surface area contributed by atoms with Crippen molar-refractivity contribution in [3.8, 4) is 5.75 Å². The molecule has 0 aromatic heterocycles. The van der Waals surface area contributed by atoms with Crippen molar-refractivity contribution in [3.05, 3.63) is 65.7 Å². The lowest BCUT2D eigenvalue weighted by Gasteiger charge is -2.27. The van der Waals surface area contributed by atoms with Gasteiger partial charge in [-0.05, 0) is 81.3 Å². The van der Waals surface area contributed by atoms with Crippen molar-refractivity contribution in [1.29, 1.82) is 0 Å². The van der Waals surface area contributed by atoms with E-state index < -0.39 is 84.3 Å². The summed E-state index contributed by atoms with van der Waals surface area (Å²) in [5.74, 6) is -4.64. The Balaban J connectivity index is 2.25. The number of carbonyl (C=O) groups is 7. The van der Waals surface area contributed by atoms with E-state index in [1.165, 1.54) is 19.1 Å². The number of carbonyl (C=O) groups excluding carboxylic acids is 6. The summed E-state index contributed by atoms with van der Waals surface area (Å²) >= 11 is 0.992. The number of carboxylic acid groups (broad SMARTS) is 1. The van der Waals surface area contributed by atoms with Crippen molar-refractivity contribution < 1.29 is 48.5 Å². The van der Waals surface area contributed by atoms with E-state index in [1.54, 1.807) is 19.1 Å². The Bertz CT molecular complexity index is 1720. The number of likely N-dealkylation sites (N-methyl/N-ethyl adjacent to an activating group) is 1. The number of benzene rings is 2. The molecule has 0 unspecified atom stereocenters. The van der Waals surface area contributed by atoms with E-state index in [2.05, 4.69) is 31.9 Å². The highest BCUT2D eigenvalue weighted by molar-refractivity contribution is 8.00. The van der Waals surface area contributed by atoms with Gasteiger partial charge >= 0.3 is 5.97 Å². The van der Waals surface area contributed by atoms with E-state index in [4.69, 9.17) is 21.3 Å². The number of rotatable bonds is 29. The Hall–Kier alpha value is -5.24. The predicted molar refractivity (Wildman–Crippen MR) is 232 cm³/mol. The summed E-state index contributed by atoms with van der Waals surface area (Å²) in [6, 6.07) is 9.93. The van der Waals surface area contributed by atoms with Crippen LogP contribution in [0.3, 0.4) is 0 Å². The molecule has 0 saturated carbocycles. The molecule has 0 fully saturated rings. The smallest absolute Gasteiger partial charge is 0.341 e. The average molecular weight is 873 g/mol. The van der Waals surface area contributed by atoms with Gasteiger partial charge in [0.15, 0.2) is 6.61 Å². The number of hydrogen-bond acceptors (Lipinski definition) is 12. The highest BCUT2D eigenvalue weighted by Gasteiger charge is 2.32. The number of nitrogens with one attached hydrogen (secondary N) is 6. The summed E-state index contributed by atoms with van der Waals surface area (Å²) in [4.78, 5) is 90.5. The first kappa shape index (κ1) is 51.9. The molecule has 338 valence electrons. The molecule has 7 atom stereocenters. The summed E-state index contributed by atoms with van der Waals surface area (Å²) in [5.41, 5.74) is 12.9. The fourth-order valence-electron chi connectivity index (χ4n) is 5.81. The number of ether oxygens (including phenoxy) is 1. The van der Waals surface area contributed by atoms with Crippen LogP contribution in [0.15, 0.2) is 54.6 Å². The number of aliphatic hydroxyl groups is 1. The van der Waals surface area contributed by atoms with Gasteiger partial charge in [-0.15, -0.1) is 11.8 Å². The van der Waals surface area contributed by atoms with Crippen LogP contribution < -0.4 is 48.1 Å². The van der Waals surface area contributed by atoms with Crippen LogP contribution in [0.4, 0.5) is 0 Å². The van der Waals surface area contributed by atoms with Crippen LogP contribution in [0, 0.1) is 11.8 Å². The summed E-state index contributed by atoms with van der Waals surface area (Å²) < 4.78 is 5.15. The van der Waals surface area contributed by atoms with Crippen LogP contribution >= 0.6 is 11.8 Å². The molecule has 2 rings (SSSR count). The normalized spacial score (nSPS) is 14.6. The standard InChI is InChI=1S/C42H64N8O10S/c1-6-45-39(56)32(18-19-43)48-41(58)34(50-42(59)37(27(5)51)46-21-26(4)25(2)3)23-61-24-35(52)47-31(17-14-28-10-8-7-9-11-28)40(57)49-33(38(44)55)20-29-12-15-30(16-13-29)60-22-36(53)54/h7-13,15-16,25-27,31-34,37,46,51H,6,14,17-24,43H2,1-5H3,(H2,44,55)(H,45,56)(H,47,52)(H,48,58)(H,49,57)(H,50,59)(H,53,54)/t26-,27-,31+,32+,33+,34+,37+/m1/s1. The second kappa shape index (κ2) is 27.6. The molecule has 18 nitrogen and oxygen atoms in total. The number of primary amides is 1. The number of amides is 6. The second-order valence-corrected chi connectivity index (χ2v) is 16.1. The molecular formula is C42H64N8O10S. The number of nitrogens with two attached hydrogens (primary N) is 2. The zero-order valence-electron chi connectivity index (χ0n) is 35.6. The van der Waals surface area contributed by atoms with Crippen LogP contribution in [0.2, 0.25) is 0 Å². The molecule has 6 amide bonds. The molecule has 0 aliphatic carbocycles. The van der Waals surface area contributed by atoms with Gasteiger partial charge in [0.05, 0.1) is 11.9 Å². The maximum atomic E-state index is 13.7. The fraction of sp³-hybridized carbons (Fsp3) is 0.548. The molecule has 61 heavy (non-hydrogen) atoms. The molecule has 0 spiro atoms. The van der Waals surface area contributed by atoms with Crippen LogP contribution in [0.1, 0.15) is 58.6 Å². The molecule has 12 N–H and O–H groups in total. The Morgan fingerprint density at radius 3 is 1.93 bits per heavy atom. The van der Waals surface area contributed by atoms with Gasteiger partial charge in [-0.3, -0.25) is 28.8 Å². The van der Waals surface area contributed by atoms with E-state index in [-0.39, 0.29) is 43.2 Å². The SMILES string of the molecule is CCNC(=O)[C@H](CCN)NC(=O)[C@H](CSCC(=O)N[C@@H](CCc1ccccc1)C(=O)N[C@@H](Cc1ccc(OCC(=O)O)cc1)C(N)=O)NC(=O)[C@@H](NC[C@@H](C)C(C)C)[C@@H](C)O. The lowest BCUT2D eigenvalue weighted by atomic mass is 9.97. The van der Waals surface area contributed by atoms with Gasteiger partial charge in [-0.2, -0.15) is 0 Å². The summed E-state index contributed by atoms with van der Waals surface area (Å²) in [5, 5.41) is 35.8. The minimum Gasteiger partial charge on any atom is -0.482 e. The van der Waals surface area contributed by atoms with Crippen molar-refractivity contribution in [2.45, 2.75) is 96.6 Å². The first-order valence-electron chi connectivity index (χ1n) is 20.4. The zero-order chi connectivity index (χ0) is 45.5. The van der Waals surface area contributed by atoms with Crippen LogP contribution in [-0.2, 0) is 46.4 Å². The van der Waals surface area contributed by atoms with Crippen LogP contribution in [-0.4, -0.2) is 126 Å². The molecular weight excluding hydrogens is 809 g/mol. The molecule has 2 aromatic rings. The molecule has 19 heteroatoms. The van der Waals surface area contributed by atoms with Crippen LogP contribution in [0.25, 0.3) is 0 Å². The van der Waals surface area contributed by atoms with Crippen LogP contribution in [0.5, 0.6) is 5.75 Å². The summed E-state index contributed by atoms with van der Waals surface area (Å²) in [7, 11) is 0. The van der Waals surface area contributed by atoms with E-state index in [0.29, 0.717) is 36.7 Å². The van der Waals surface area contributed by atoms with Gasteiger partial charge in [0.2, 0.25) is 35.4 Å². The largest absolute Gasteiger partial charge is 0.482 e. The van der Waals surface area contributed by atoms with E-state index in [9.17, 15) is 38.7 Å². The first-order valence-corrected chi connectivity index (χ1v) is 21.5. The second-order valence-electron chi connectivity index (χ2n) is 15.1. The zero-order valence-corrected chi connectivity index (χ0v) is 36.4. The maximum Gasteiger partial charge on any atom is 0.341 e. The van der Waals surface area contributed by atoms with Gasteiger partial charge < -0.3 is 58.3 Å². The van der Waals surface area contributed by atoms with E-state index >= 15 is 0 Å².